The van der Waals surface area contributed by atoms with Crippen LogP contribution in [0.3, 0.4) is 0 Å². The third-order valence-electron chi connectivity index (χ3n) is 4.95. The molecule has 1 atom stereocenters. The summed E-state index contributed by atoms with van der Waals surface area (Å²) in [6, 6.07) is 5.36. The maximum Gasteiger partial charge on any atom is 0.421 e. The van der Waals surface area contributed by atoms with Crippen molar-refractivity contribution in [3.63, 3.8) is 0 Å². The molecule has 11 heteroatoms. The number of imide groups is 3. The van der Waals surface area contributed by atoms with Crippen molar-refractivity contribution in [3.8, 4) is 5.75 Å². The van der Waals surface area contributed by atoms with Crippen molar-refractivity contribution in [1.29, 1.82) is 0 Å². The molecule has 11 nitrogen and oxygen atoms in total. The van der Waals surface area contributed by atoms with Crippen LogP contribution in [-0.4, -0.2) is 83.6 Å². The van der Waals surface area contributed by atoms with Gasteiger partial charge in [-0.3, -0.25) is 19.3 Å². The van der Waals surface area contributed by atoms with Crippen molar-refractivity contribution in [2.75, 3.05) is 37.8 Å². The molecule has 0 aromatic heterocycles. The predicted octanol–water partition coefficient (Wildman–Crippen LogP) is 1.11. The van der Waals surface area contributed by atoms with Gasteiger partial charge in [0, 0.05) is 25.2 Å². The number of carbonyl (C=O) groups excluding carboxylic acids is 4. The first kappa shape index (κ1) is 22.2. The van der Waals surface area contributed by atoms with Crippen molar-refractivity contribution in [1.82, 2.24) is 9.80 Å². The van der Waals surface area contributed by atoms with E-state index in [0.717, 1.165) is 0 Å². The van der Waals surface area contributed by atoms with Gasteiger partial charge >= 0.3 is 12.1 Å². The van der Waals surface area contributed by atoms with Gasteiger partial charge in [-0.2, -0.15) is 4.90 Å². The number of hydrogen-bond donors (Lipinski definition) is 1. The molecule has 5 amide bonds. The van der Waals surface area contributed by atoms with Crippen LogP contribution in [0.15, 0.2) is 24.3 Å². The SMILES string of the molecule is CC(=O)COCCOc1ccc(N2CCN(C3CCC(=O)N(C(=O)O)C3=O)C2=O)cc1. The van der Waals surface area contributed by atoms with Crippen LogP contribution in [-0.2, 0) is 19.1 Å². The molecule has 0 spiro atoms. The molecule has 1 aromatic carbocycles. The van der Waals surface area contributed by atoms with E-state index < -0.39 is 30.0 Å². The first-order chi connectivity index (χ1) is 14.8. The van der Waals surface area contributed by atoms with E-state index in [1.54, 1.807) is 24.3 Å². The van der Waals surface area contributed by atoms with Gasteiger partial charge in [0.15, 0.2) is 5.78 Å². The highest BCUT2D eigenvalue weighted by atomic mass is 16.5. The molecule has 1 unspecified atom stereocenters. The summed E-state index contributed by atoms with van der Waals surface area (Å²) >= 11 is 0. The number of ether oxygens (including phenoxy) is 2. The van der Waals surface area contributed by atoms with Crippen molar-refractivity contribution >= 4 is 35.4 Å². The zero-order chi connectivity index (χ0) is 22.5. The van der Waals surface area contributed by atoms with Gasteiger partial charge in [0.05, 0.1) is 6.61 Å². The molecule has 2 fully saturated rings. The van der Waals surface area contributed by atoms with E-state index in [9.17, 15) is 24.0 Å². The highest BCUT2D eigenvalue weighted by molar-refractivity contribution is 6.12. The topological polar surface area (TPSA) is 134 Å². The van der Waals surface area contributed by atoms with E-state index in [1.807, 2.05) is 0 Å². The fraction of sp³-hybridized carbons (Fsp3) is 0.450. The minimum Gasteiger partial charge on any atom is -0.491 e. The zero-order valence-electron chi connectivity index (χ0n) is 17.0. The van der Waals surface area contributed by atoms with Gasteiger partial charge in [-0.1, -0.05) is 0 Å². The average Bonchev–Trinajstić information content (AvgIpc) is 3.09. The molecule has 2 heterocycles. The molecule has 0 radical (unpaired) electrons. The molecule has 3 rings (SSSR count). The molecule has 1 aromatic rings. The van der Waals surface area contributed by atoms with Gasteiger partial charge in [0.2, 0.25) is 5.91 Å². The number of benzene rings is 1. The number of amides is 5. The summed E-state index contributed by atoms with van der Waals surface area (Å²) in [5.41, 5.74) is 0.599. The Labute approximate surface area is 178 Å². The number of rotatable bonds is 8. The van der Waals surface area contributed by atoms with Gasteiger partial charge in [-0.15, -0.1) is 0 Å². The van der Waals surface area contributed by atoms with Gasteiger partial charge < -0.3 is 19.5 Å². The number of carboxylic acid groups (broad SMARTS) is 1. The molecule has 1 N–H and O–H groups in total. The Morgan fingerprint density at radius 1 is 1.10 bits per heavy atom. The highest BCUT2D eigenvalue weighted by Gasteiger charge is 2.45. The monoisotopic (exact) mass is 433 g/mol. The number of Topliss-reactive ketones (excluding diaryl/α,β-unsaturated/α-hetero) is 1. The van der Waals surface area contributed by atoms with E-state index >= 15 is 0 Å². The molecule has 0 aliphatic carbocycles. The Hall–Kier alpha value is -3.47. The van der Waals surface area contributed by atoms with E-state index in [2.05, 4.69) is 0 Å². The fourth-order valence-electron chi connectivity index (χ4n) is 3.50. The molecule has 2 saturated heterocycles. The lowest BCUT2D eigenvalue weighted by atomic mass is 10.0. The Bertz CT molecular complexity index is 885. The average molecular weight is 433 g/mol. The Morgan fingerprint density at radius 3 is 2.45 bits per heavy atom. The molecule has 2 aliphatic rings. The van der Waals surface area contributed by atoms with Gasteiger partial charge in [-0.25, -0.2) is 9.59 Å². The maximum absolute atomic E-state index is 12.9. The summed E-state index contributed by atoms with van der Waals surface area (Å²) in [5.74, 6) is -1.17. The summed E-state index contributed by atoms with van der Waals surface area (Å²) < 4.78 is 10.6. The summed E-state index contributed by atoms with van der Waals surface area (Å²) in [6.07, 6.45) is -1.65. The van der Waals surface area contributed by atoms with Crippen LogP contribution >= 0.6 is 0 Å². The van der Waals surface area contributed by atoms with Crippen molar-refractivity contribution < 1.29 is 38.6 Å². The molecular formula is C20H23N3O8. The second-order valence-electron chi connectivity index (χ2n) is 7.13. The highest BCUT2D eigenvalue weighted by Crippen LogP contribution is 2.27. The van der Waals surface area contributed by atoms with Crippen LogP contribution in [0, 0.1) is 0 Å². The number of ketones is 1. The van der Waals surface area contributed by atoms with E-state index in [4.69, 9.17) is 14.6 Å². The van der Waals surface area contributed by atoms with Crippen LogP contribution in [0.5, 0.6) is 5.75 Å². The van der Waals surface area contributed by atoms with Gasteiger partial charge in [0.1, 0.15) is 25.0 Å². The standard InChI is InChI=1S/C20H23N3O8/c1-13(24)12-30-10-11-31-15-4-2-14(3-5-15)21-8-9-22(19(21)27)16-6-7-17(25)23(18(16)26)20(28)29/h2-5,16H,6-12H2,1H3,(H,28,29). The third kappa shape index (κ3) is 5.00. The lowest BCUT2D eigenvalue weighted by Crippen LogP contribution is -2.56. The summed E-state index contributed by atoms with van der Waals surface area (Å²) in [7, 11) is 0. The number of piperidine rings is 1. The minimum atomic E-state index is -1.63. The smallest absolute Gasteiger partial charge is 0.421 e. The Morgan fingerprint density at radius 2 is 1.81 bits per heavy atom. The normalized spacial score (nSPS) is 19.2. The predicted molar refractivity (Wildman–Crippen MR) is 106 cm³/mol. The number of urea groups is 1. The van der Waals surface area contributed by atoms with Gasteiger partial charge in [-0.05, 0) is 37.6 Å². The zero-order valence-corrected chi connectivity index (χ0v) is 17.0. The van der Waals surface area contributed by atoms with Crippen molar-refractivity contribution in [2.45, 2.75) is 25.8 Å². The summed E-state index contributed by atoms with van der Waals surface area (Å²) in [5, 5.41) is 9.11. The van der Waals surface area contributed by atoms with Crippen LogP contribution in [0.2, 0.25) is 0 Å². The lowest BCUT2D eigenvalue weighted by molar-refractivity contribution is -0.148. The molecule has 0 saturated carbocycles. The van der Waals surface area contributed by atoms with Crippen LogP contribution in [0.4, 0.5) is 15.3 Å². The fourth-order valence-corrected chi connectivity index (χ4v) is 3.50. The molecular weight excluding hydrogens is 410 g/mol. The van der Waals surface area contributed by atoms with Gasteiger partial charge in [0.25, 0.3) is 5.91 Å². The largest absolute Gasteiger partial charge is 0.491 e. The number of nitrogens with zero attached hydrogens (tertiary/aromatic N) is 3. The van der Waals surface area contributed by atoms with E-state index in [0.29, 0.717) is 18.0 Å². The number of carbonyl (C=O) groups is 5. The van der Waals surface area contributed by atoms with Crippen LogP contribution in [0.25, 0.3) is 0 Å². The van der Waals surface area contributed by atoms with Crippen LogP contribution < -0.4 is 9.64 Å². The molecule has 166 valence electrons. The van der Waals surface area contributed by atoms with E-state index in [1.165, 1.54) is 16.7 Å². The molecule has 2 aliphatic heterocycles. The number of anilines is 1. The third-order valence-corrected chi connectivity index (χ3v) is 4.95. The van der Waals surface area contributed by atoms with Crippen molar-refractivity contribution in [2.24, 2.45) is 0 Å². The maximum atomic E-state index is 12.9. The minimum absolute atomic E-state index is 0.0394. The second-order valence-corrected chi connectivity index (χ2v) is 7.13. The first-order valence-corrected chi connectivity index (χ1v) is 9.77. The summed E-state index contributed by atoms with van der Waals surface area (Å²) in [4.78, 5) is 62.0. The number of likely N-dealkylation sites (tertiary alicyclic amines) is 1. The summed E-state index contributed by atoms with van der Waals surface area (Å²) in [6.45, 7) is 2.58. The molecule has 31 heavy (non-hydrogen) atoms. The van der Waals surface area contributed by atoms with Crippen molar-refractivity contribution in [3.05, 3.63) is 24.3 Å². The van der Waals surface area contributed by atoms with E-state index in [-0.39, 0.29) is 49.9 Å². The molecule has 0 bridgehead atoms. The Kier molecular flexibility index (Phi) is 6.85. The first-order valence-electron chi connectivity index (χ1n) is 9.77. The number of hydrogen-bond acceptors (Lipinski definition) is 7. The van der Waals surface area contributed by atoms with Crippen LogP contribution in [0.1, 0.15) is 19.8 Å². The Balaban J connectivity index is 1.58. The quantitative estimate of drug-likeness (QED) is 0.476. The lowest BCUT2D eigenvalue weighted by Gasteiger charge is -2.32. The second kappa shape index (κ2) is 9.56.